The first-order chi connectivity index (χ1) is 25.0. The average molecular weight is 868 g/mol. The second kappa shape index (κ2) is 73.1. The minimum Gasteiger partial charge on any atom is -0.382 e. The molecule has 0 N–H and O–H groups in total. The molecule has 0 spiro atoms. The lowest BCUT2D eigenvalue weighted by Crippen LogP contribution is -2.14. The average Bonchev–Trinajstić information content (AvgIpc) is 3.16. The van der Waals surface area contributed by atoms with Gasteiger partial charge in [0.15, 0.2) is 0 Å². The third-order valence-electron chi connectivity index (χ3n) is 8.11. The van der Waals surface area contributed by atoms with Crippen LogP contribution in [-0.2, 0) is 14.2 Å². The molecule has 0 aliphatic heterocycles. The first-order valence-electron chi connectivity index (χ1n) is 22.7. The normalized spacial score (nSPS) is 10.3. The molecule has 0 fully saturated rings. The van der Waals surface area contributed by atoms with Gasteiger partial charge in [-0.05, 0) is 44.6 Å². The van der Waals surface area contributed by atoms with Crippen LogP contribution in [0.15, 0.2) is 12.7 Å². The molecule has 0 rings (SSSR count). The molecule has 0 aromatic rings. The van der Waals surface area contributed by atoms with Crippen molar-refractivity contribution in [3.63, 3.8) is 0 Å². The third kappa shape index (κ3) is 98.4. The number of hydrogen-bond acceptors (Lipinski definition) is 3. The largest absolute Gasteiger partial charge is 0.382 e. The Morgan fingerprint density at radius 3 is 1.33 bits per heavy atom. The van der Waals surface area contributed by atoms with Crippen molar-refractivity contribution >= 4 is 71.7 Å². The van der Waals surface area contributed by atoms with Gasteiger partial charge in [-0.3, -0.25) is 0 Å². The predicted molar refractivity (Wildman–Crippen MR) is 268 cm³/mol. The molecule has 0 heterocycles. The molecule has 0 amide bonds. The topological polar surface area (TPSA) is 27.7 Å². The van der Waals surface area contributed by atoms with Gasteiger partial charge in [0, 0.05) is 105 Å². The van der Waals surface area contributed by atoms with Crippen LogP contribution in [0, 0.1) is 5.92 Å². The monoisotopic (exact) mass is 867 g/mol. The summed E-state index contributed by atoms with van der Waals surface area (Å²) in [4.78, 5) is 0. The van der Waals surface area contributed by atoms with E-state index in [1.54, 1.807) is 7.11 Å². The Morgan fingerprint density at radius 1 is 0.558 bits per heavy atom. The molecule has 3 nitrogen and oxygen atoms in total. The molecule has 0 bridgehead atoms. The Hall–Kier alpha value is 0.998. The molecule has 0 aliphatic rings. The van der Waals surface area contributed by atoms with Crippen LogP contribution in [-0.4, -0.2) is 118 Å². The SMILES string of the molecule is C=CCCC[SiH3].CCC(CC)CC[SiH3].CCCCCCC(F)(F)C[SiH3].CCCCC[SiH3].CCCC[SiH3].CCOCCC[SiH3].COCCOCCC[SiH3]. The van der Waals surface area contributed by atoms with Crippen LogP contribution in [0.25, 0.3) is 0 Å². The quantitative estimate of drug-likeness (QED) is 0.0529. The lowest BCUT2D eigenvalue weighted by Gasteiger charge is -2.12. The maximum absolute atomic E-state index is 12.6. The summed E-state index contributed by atoms with van der Waals surface area (Å²) in [6.07, 6.45) is 22.4. The Bertz CT molecular complexity index is 512. The third-order valence-corrected chi connectivity index (χ3v) is 13.3. The van der Waals surface area contributed by atoms with Gasteiger partial charge >= 0.3 is 0 Å². The summed E-state index contributed by atoms with van der Waals surface area (Å²) in [5, 5.41) is 0. The van der Waals surface area contributed by atoms with Crippen molar-refractivity contribution in [3.05, 3.63) is 12.7 Å². The van der Waals surface area contributed by atoms with Crippen LogP contribution in [0.4, 0.5) is 8.78 Å². The van der Waals surface area contributed by atoms with Gasteiger partial charge in [-0.15, -0.1) is 6.58 Å². The molecule has 0 aliphatic carbocycles. The molecule has 52 heavy (non-hydrogen) atoms. The van der Waals surface area contributed by atoms with E-state index in [0.717, 1.165) is 58.2 Å². The van der Waals surface area contributed by atoms with Crippen molar-refractivity contribution in [1.29, 1.82) is 0 Å². The van der Waals surface area contributed by atoms with E-state index < -0.39 is 5.92 Å². The summed E-state index contributed by atoms with van der Waals surface area (Å²) >= 11 is 0. The van der Waals surface area contributed by atoms with E-state index in [0.29, 0.717) is 16.7 Å². The van der Waals surface area contributed by atoms with Gasteiger partial charge in [0.2, 0.25) is 5.92 Å². The van der Waals surface area contributed by atoms with E-state index in [-0.39, 0.29) is 12.5 Å². The fourth-order valence-corrected chi connectivity index (χ4v) is 7.54. The number of unbranched alkanes of at least 4 members (excludes halogenated alkanes) is 7. The fourth-order valence-electron chi connectivity index (χ4n) is 4.18. The Morgan fingerprint density at radius 2 is 1.04 bits per heavy atom. The zero-order chi connectivity index (χ0) is 41.4. The molecule has 0 aromatic heterocycles. The van der Waals surface area contributed by atoms with E-state index in [4.69, 9.17) is 14.2 Å². The van der Waals surface area contributed by atoms with Crippen LogP contribution in [0.2, 0.25) is 42.3 Å². The summed E-state index contributed by atoms with van der Waals surface area (Å²) in [7, 11) is 10.5. The molecule has 12 heteroatoms. The Kier molecular flexibility index (Phi) is 95.3. The molecular weight excluding hydrogens is 763 g/mol. The van der Waals surface area contributed by atoms with E-state index in [2.05, 4.69) is 41.2 Å². The molecule has 0 radical (unpaired) electrons. The Labute approximate surface area is 350 Å². The smallest absolute Gasteiger partial charge is 0.245 e. The number of rotatable bonds is 28. The van der Waals surface area contributed by atoms with Gasteiger partial charge in [0.05, 0.1) is 13.2 Å². The van der Waals surface area contributed by atoms with Gasteiger partial charge in [0.1, 0.15) is 0 Å². The zero-order valence-electron chi connectivity index (χ0n) is 38.8. The second-order valence-corrected chi connectivity index (χ2v) is 20.2. The molecule has 324 valence electrons. The van der Waals surface area contributed by atoms with Gasteiger partial charge in [-0.2, -0.15) is 0 Å². The molecule has 0 saturated heterocycles. The fraction of sp³-hybridized carbons (Fsp3) is 0.950. The minimum atomic E-state index is -2.35. The number of alkyl halides is 2. The van der Waals surface area contributed by atoms with Crippen LogP contribution in [0.5, 0.6) is 0 Å². The van der Waals surface area contributed by atoms with Gasteiger partial charge in [0.25, 0.3) is 0 Å². The number of halogens is 2. The zero-order valence-corrected chi connectivity index (χ0v) is 52.8. The van der Waals surface area contributed by atoms with Crippen molar-refractivity contribution in [3.8, 4) is 0 Å². The molecule has 0 atom stereocenters. The molecular formula is C40H104F2O3Si7. The van der Waals surface area contributed by atoms with Crippen molar-refractivity contribution in [2.75, 3.05) is 40.1 Å². The first-order valence-corrected chi connectivity index (χ1v) is 32.6. The number of allylic oxidation sites excluding steroid dienone is 1. The minimum absolute atomic E-state index is 0.108. The van der Waals surface area contributed by atoms with E-state index in [9.17, 15) is 8.78 Å². The van der Waals surface area contributed by atoms with E-state index >= 15 is 0 Å². The molecule has 0 saturated carbocycles. The van der Waals surface area contributed by atoms with Crippen molar-refractivity contribution < 1.29 is 23.0 Å². The number of ether oxygens (including phenoxy) is 3. The Balaban J connectivity index is -0.0000000922. The lowest BCUT2D eigenvalue weighted by atomic mass is 10.0. The second-order valence-electron chi connectivity index (χ2n) is 13.5. The summed E-state index contributed by atoms with van der Waals surface area (Å²) in [5.74, 6) is -1.31. The van der Waals surface area contributed by atoms with Gasteiger partial charge in [-0.1, -0.05) is 154 Å². The van der Waals surface area contributed by atoms with Crippen molar-refractivity contribution in [1.82, 2.24) is 0 Å². The van der Waals surface area contributed by atoms with E-state index in [1.807, 2.05) is 13.0 Å². The van der Waals surface area contributed by atoms with Crippen LogP contribution < -0.4 is 0 Å². The maximum atomic E-state index is 12.6. The standard InChI is InChI=1S/C8H18F2Si.C7H18Si.C6H16O2Si.C5H14OSi.C5H14Si.C5H12Si.C4H12Si/c1-2-3-4-5-6-8(9,10)7-11;1-3-7(4-2)5-6-8;1-7-4-5-8-3-2-6-9;1-2-6-4-3-5-7;2*1-2-3-4-5-6;1-2-3-4-5/h2-7H2,1,11H3;7H,3-6H2,1-2,8H3;2-6H2,1,9H3;2-5H2,1,7H3;2-5H2,1,6H3;2H,1,3-5H2,6H3;2-4H2,1,5H3. The summed E-state index contributed by atoms with van der Waals surface area (Å²) in [6.45, 7) is 21.0. The highest BCUT2D eigenvalue weighted by atomic mass is 28.2. The first kappa shape index (κ1) is 67.7. The van der Waals surface area contributed by atoms with Gasteiger partial charge < -0.3 is 14.2 Å². The summed E-state index contributed by atoms with van der Waals surface area (Å²) in [6, 6.07) is 8.73. The van der Waals surface area contributed by atoms with Crippen LogP contribution in [0.1, 0.15) is 151 Å². The number of methoxy groups -OCH3 is 1. The lowest BCUT2D eigenvalue weighted by molar-refractivity contribution is 0.0111. The summed E-state index contributed by atoms with van der Waals surface area (Å²) < 4.78 is 40.3. The summed E-state index contributed by atoms with van der Waals surface area (Å²) in [5.41, 5.74) is 0. The predicted octanol–water partition coefficient (Wildman–Crippen LogP) is 6.26. The van der Waals surface area contributed by atoms with Crippen LogP contribution in [0.3, 0.4) is 0 Å². The highest BCUT2D eigenvalue weighted by Gasteiger charge is 2.24. The van der Waals surface area contributed by atoms with Crippen molar-refractivity contribution in [2.45, 2.75) is 199 Å². The highest BCUT2D eigenvalue weighted by molar-refractivity contribution is 6.09. The molecule has 0 aromatic carbocycles. The van der Waals surface area contributed by atoms with Gasteiger partial charge in [-0.25, -0.2) is 8.78 Å². The highest BCUT2D eigenvalue weighted by Crippen LogP contribution is 2.24. The molecule has 0 unspecified atom stereocenters. The van der Waals surface area contributed by atoms with Crippen molar-refractivity contribution in [2.24, 2.45) is 5.92 Å². The maximum Gasteiger partial charge on any atom is 0.245 e. The number of hydrogen-bond donors (Lipinski definition) is 0. The van der Waals surface area contributed by atoms with Crippen LogP contribution >= 0.6 is 0 Å². The van der Waals surface area contributed by atoms with E-state index in [1.165, 1.54) is 175 Å².